The predicted octanol–water partition coefficient (Wildman–Crippen LogP) is 2.27. The SMILES string of the molecule is CC(=O)C1O[C@H](C)C(C)[C@H](C)[C@@H]1C. The van der Waals surface area contributed by atoms with Crippen LogP contribution in [0.3, 0.4) is 0 Å². The van der Waals surface area contributed by atoms with Crippen LogP contribution < -0.4 is 0 Å². The van der Waals surface area contributed by atoms with Gasteiger partial charge in [0.05, 0.1) is 6.10 Å². The molecular formula is C11H20O2. The second-order valence-electron chi connectivity index (χ2n) is 4.45. The molecule has 0 spiro atoms. The van der Waals surface area contributed by atoms with Gasteiger partial charge in [-0.1, -0.05) is 20.8 Å². The third-order valence-electron chi connectivity index (χ3n) is 3.64. The zero-order valence-corrected chi connectivity index (χ0v) is 9.20. The summed E-state index contributed by atoms with van der Waals surface area (Å²) in [5, 5.41) is 0. The van der Waals surface area contributed by atoms with Crippen LogP contribution in [-0.2, 0) is 9.53 Å². The fourth-order valence-electron chi connectivity index (χ4n) is 2.13. The second-order valence-corrected chi connectivity index (χ2v) is 4.45. The average Bonchev–Trinajstić information content (AvgIpc) is 2.07. The Labute approximate surface area is 80.7 Å². The van der Waals surface area contributed by atoms with Crippen LogP contribution in [-0.4, -0.2) is 18.0 Å². The Morgan fingerprint density at radius 1 is 1.00 bits per heavy atom. The highest BCUT2D eigenvalue weighted by Gasteiger charge is 2.38. The molecule has 0 aliphatic carbocycles. The van der Waals surface area contributed by atoms with Gasteiger partial charge < -0.3 is 4.74 Å². The fourth-order valence-corrected chi connectivity index (χ4v) is 2.13. The van der Waals surface area contributed by atoms with E-state index in [2.05, 4.69) is 27.7 Å². The molecule has 1 aliphatic rings. The number of ether oxygens (including phenoxy) is 1. The Morgan fingerprint density at radius 3 is 2.00 bits per heavy atom. The summed E-state index contributed by atoms with van der Waals surface area (Å²) in [7, 11) is 0. The highest BCUT2D eigenvalue weighted by Crippen LogP contribution is 2.34. The average molecular weight is 184 g/mol. The van der Waals surface area contributed by atoms with E-state index in [1.807, 2.05) is 0 Å². The van der Waals surface area contributed by atoms with Crippen LogP contribution in [0.2, 0.25) is 0 Å². The molecule has 0 radical (unpaired) electrons. The summed E-state index contributed by atoms with van der Waals surface area (Å²) in [4.78, 5) is 11.3. The molecule has 0 N–H and O–H groups in total. The van der Waals surface area contributed by atoms with Crippen LogP contribution >= 0.6 is 0 Å². The molecule has 1 saturated heterocycles. The molecule has 0 aromatic rings. The van der Waals surface area contributed by atoms with E-state index in [1.165, 1.54) is 0 Å². The molecular weight excluding hydrogens is 164 g/mol. The van der Waals surface area contributed by atoms with Crippen LogP contribution in [0.4, 0.5) is 0 Å². The maximum Gasteiger partial charge on any atom is 0.158 e. The highest BCUT2D eigenvalue weighted by atomic mass is 16.5. The number of carbonyl (C=O) groups excluding carboxylic acids is 1. The van der Waals surface area contributed by atoms with Gasteiger partial charge in [0.1, 0.15) is 6.10 Å². The van der Waals surface area contributed by atoms with Crippen LogP contribution in [0.25, 0.3) is 0 Å². The lowest BCUT2D eigenvalue weighted by molar-refractivity contribution is -0.156. The smallest absolute Gasteiger partial charge is 0.158 e. The summed E-state index contributed by atoms with van der Waals surface area (Å²) < 4.78 is 5.69. The number of rotatable bonds is 1. The van der Waals surface area contributed by atoms with Crippen molar-refractivity contribution in [3.05, 3.63) is 0 Å². The van der Waals surface area contributed by atoms with E-state index in [-0.39, 0.29) is 18.0 Å². The van der Waals surface area contributed by atoms with Crippen molar-refractivity contribution in [3.63, 3.8) is 0 Å². The lowest BCUT2D eigenvalue weighted by Gasteiger charge is -2.41. The first-order valence-corrected chi connectivity index (χ1v) is 5.11. The normalized spacial score (nSPS) is 46.1. The monoisotopic (exact) mass is 184 g/mol. The lowest BCUT2D eigenvalue weighted by atomic mass is 9.76. The number of carbonyl (C=O) groups is 1. The van der Waals surface area contributed by atoms with E-state index in [9.17, 15) is 4.79 Å². The molecule has 0 aromatic carbocycles. The first kappa shape index (κ1) is 10.7. The Balaban J connectivity index is 2.76. The van der Waals surface area contributed by atoms with Gasteiger partial charge in [0.15, 0.2) is 5.78 Å². The van der Waals surface area contributed by atoms with E-state index in [0.717, 1.165) is 0 Å². The Morgan fingerprint density at radius 2 is 1.54 bits per heavy atom. The first-order chi connectivity index (χ1) is 5.95. The van der Waals surface area contributed by atoms with E-state index >= 15 is 0 Å². The third-order valence-corrected chi connectivity index (χ3v) is 3.64. The summed E-state index contributed by atoms with van der Waals surface area (Å²) in [5.74, 6) is 1.63. The lowest BCUT2D eigenvalue weighted by Crippen LogP contribution is -2.46. The number of ketones is 1. The number of hydrogen-bond acceptors (Lipinski definition) is 2. The van der Waals surface area contributed by atoms with E-state index in [4.69, 9.17) is 4.74 Å². The van der Waals surface area contributed by atoms with Crippen LogP contribution in [0, 0.1) is 17.8 Å². The van der Waals surface area contributed by atoms with Crippen molar-refractivity contribution in [2.45, 2.75) is 46.8 Å². The molecule has 1 heterocycles. The molecule has 13 heavy (non-hydrogen) atoms. The van der Waals surface area contributed by atoms with Crippen molar-refractivity contribution in [1.82, 2.24) is 0 Å². The highest BCUT2D eigenvalue weighted by molar-refractivity contribution is 5.80. The van der Waals surface area contributed by atoms with Crippen molar-refractivity contribution in [1.29, 1.82) is 0 Å². The maximum absolute atomic E-state index is 11.3. The fraction of sp³-hybridized carbons (Fsp3) is 0.909. The standard InChI is InChI=1S/C11H20O2/c1-6-7(2)10(5)13-11(8(6)3)9(4)12/h6-8,10-11H,1-5H3/t6-,7?,8-,10+,11?/m0/s1. The van der Waals surface area contributed by atoms with E-state index < -0.39 is 0 Å². The zero-order valence-electron chi connectivity index (χ0n) is 9.20. The van der Waals surface area contributed by atoms with Crippen molar-refractivity contribution >= 4 is 5.78 Å². The molecule has 0 amide bonds. The molecule has 0 saturated carbocycles. The Kier molecular flexibility index (Phi) is 3.12. The molecule has 2 nitrogen and oxygen atoms in total. The molecule has 5 atom stereocenters. The second kappa shape index (κ2) is 3.79. The van der Waals surface area contributed by atoms with Gasteiger partial charge in [-0.05, 0) is 31.6 Å². The Bertz CT molecular complexity index is 200. The van der Waals surface area contributed by atoms with Crippen LogP contribution in [0.1, 0.15) is 34.6 Å². The molecule has 0 aromatic heterocycles. The third kappa shape index (κ3) is 1.93. The van der Waals surface area contributed by atoms with Gasteiger partial charge in [0.25, 0.3) is 0 Å². The summed E-state index contributed by atoms with van der Waals surface area (Å²) >= 11 is 0. The summed E-state index contributed by atoms with van der Waals surface area (Å²) in [6, 6.07) is 0. The molecule has 1 aliphatic heterocycles. The van der Waals surface area contributed by atoms with Gasteiger partial charge >= 0.3 is 0 Å². The molecule has 2 unspecified atom stereocenters. The minimum Gasteiger partial charge on any atom is -0.367 e. The predicted molar refractivity (Wildman–Crippen MR) is 52.5 cm³/mol. The van der Waals surface area contributed by atoms with Gasteiger partial charge in [0.2, 0.25) is 0 Å². The molecule has 76 valence electrons. The zero-order chi connectivity index (χ0) is 10.2. The van der Waals surface area contributed by atoms with Crippen LogP contribution in [0.15, 0.2) is 0 Å². The van der Waals surface area contributed by atoms with Crippen molar-refractivity contribution < 1.29 is 9.53 Å². The first-order valence-electron chi connectivity index (χ1n) is 5.11. The minimum absolute atomic E-state index is 0.165. The molecule has 2 heteroatoms. The summed E-state index contributed by atoms with van der Waals surface area (Å²) in [5.41, 5.74) is 0. The molecule has 0 bridgehead atoms. The van der Waals surface area contributed by atoms with Gasteiger partial charge in [-0.25, -0.2) is 0 Å². The van der Waals surface area contributed by atoms with E-state index in [1.54, 1.807) is 6.92 Å². The quantitative estimate of drug-likeness (QED) is 0.625. The van der Waals surface area contributed by atoms with Crippen molar-refractivity contribution in [2.75, 3.05) is 0 Å². The van der Waals surface area contributed by atoms with Gasteiger partial charge in [-0.15, -0.1) is 0 Å². The van der Waals surface area contributed by atoms with Gasteiger partial charge in [-0.2, -0.15) is 0 Å². The maximum atomic E-state index is 11.3. The minimum atomic E-state index is -0.179. The molecule has 1 rings (SSSR count). The Hall–Kier alpha value is -0.370. The summed E-state index contributed by atoms with van der Waals surface area (Å²) in [6.07, 6.45) is 0.0290. The topological polar surface area (TPSA) is 26.3 Å². The van der Waals surface area contributed by atoms with E-state index in [0.29, 0.717) is 17.8 Å². The molecule has 1 fully saturated rings. The van der Waals surface area contributed by atoms with Crippen molar-refractivity contribution in [3.8, 4) is 0 Å². The van der Waals surface area contributed by atoms with Crippen LogP contribution in [0.5, 0.6) is 0 Å². The van der Waals surface area contributed by atoms with Gasteiger partial charge in [-0.3, -0.25) is 4.79 Å². The number of Topliss-reactive ketones (excluding diaryl/α,β-unsaturated/α-hetero) is 1. The van der Waals surface area contributed by atoms with Gasteiger partial charge in [0, 0.05) is 0 Å². The largest absolute Gasteiger partial charge is 0.367 e. The van der Waals surface area contributed by atoms with Crippen molar-refractivity contribution in [2.24, 2.45) is 17.8 Å². The summed E-state index contributed by atoms with van der Waals surface area (Å²) in [6.45, 7) is 10.2. The number of hydrogen-bond donors (Lipinski definition) is 0.